The zero-order valence-corrected chi connectivity index (χ0v) is 19.5. The van der Waals surface area contributed by atoms with Gasteiger partial charge >= 0.3 is 5.97 Å². The number of ether oxygens (including phenoxy) is 3. The third kappa shape index (κ3) is 6.90. The van der Waals surface area contributed by atoms with Crippen LogP contribution in [0.3, 0.4) is 0 Å². The van der Waals surface area contributed by atoms with E-state index in [1.165, 1.54) is 14.2 Å². The van der Waals surface area contributed by atoms with Gasteiger partial charge in [-0.15, -0.1) is 12.4 Å². The number of methoxy groups -OCH3 is 2. The summed E-state index contributed by atoms with van der Waals surface area (Å²) in [6, 6.07) is 10.9. The van der Waals surface area contributed by atoms with Crippen LogP contribution in [0.15, 0.2) is 42.6 Å². The van der Waals surface area contributed by atoms with E-state index >= 15 is 0 Å². The van der Waals surface area contributed by atoms with Gasteiger partial charge in [0.25, 0.3) is 0 Å². The molecule has 1 aromatic carbocycles. The number of aromatic nitrogens is 1. The molecule has 2 heterocycles. The molecule has 33 heavy (non-hydrogen) atoms. The summed E-state index contributed by atoms with van der Waals surface area (Å²) < 4.78 is 15.7. The summed E-state index contributed by atoms with van der Waals surface area (Å²) in [5.74, 6) is 0.277. The van der Waals surface area contributed by atoms with E-state index in [0.29, 0.717) is 30.9 Å². The number of amidine groups is 1. The first-order valence-corrected chi connectivity index (χ1v) is 10.3. The topological polar surface area (TPSA) is 128 Å². The van der Waals surface area contributed by atoms with E-state index in [-0.39, 0.29) is 55.1 Å². The summed E-state index contributed by atoms with van der Waals surface area (Å²) >= 11 is 0. The highest BCUT2D eigenvalue weighted by Gasteiger charge is 2.36. The lowest BCUT2D eigenvalue weighted by Gasteiger charge is -2.24. The van der Waals surface area contributed by atoms with Crippen molar-refractivity contribution in [3.63, 3.8) is 0 Å². The van der Waals surface area contributed by atoms with Crippen molar-refractivity contribution in [1.82, 2.24) is 9.88 Å². The van der Waals surface area contributed by atoms with Crippen LogP contribution in [0.1, 0.15) is 18.4 Å². The first-order valence-electron chi connectivity index (χ1n) is 10.3. The van der Waals surface area contributed by atoms with E-state index in [4.69, 9.17) is 25.4 Å². The molecule has 9 nitrogen and oxygen atoms in total. The van der Waals surface area contributed by atoms with Crippen LogP contribution in [-0.2, 0) is 19.1 Å². The fraction of sp³-hybridized carbons (Fsp3) is 0.391. The summed E-state index contributed by atoms with van der Waals surface area (Å²) in [4.78, 5) is 30.2. The lowest BCUT2D eigenvalue weighted by molar-refractivity contribution is -0.142. The molecule has 0 bridgehead atoms. The molecular weight excluding hydrogens is 448 g/mol. The standard InChI is InChI=1S/C23H28N4O5.ClH/c1-30-14-21(28)27-12-15(10-22(29)31-2)9-18(27)13-32-19-6-3-16(4-7-19)20-8-5-17(11-26-20)23(24)25;/h3-8,11,15,18H,9-10,12-14H2,1-2H3,(H3,24,25);1H/t15-,18-;/m0./s1. The highest BCUT2D eigenvalue weighted by Crippen LogP contribution is 2.28. The fourth-order valence-electron chi connectivity index (χ4n) is 3.79. The number of carbonyl (C=O) groups is 2. The summed E-state index contributed by atoms with van der Waals surface area (Å²) in [6.45, 7) is 0.787. The molecule has 3 N–H and O–H groups in total. The van der Waals surface area contributed by atoms with Gasteiger partial charge in [0, 0.05) is 31.0 Å². The SMILES string of the molecule is COCC(=O)N1C[C@H](CC(=O)OC)C[C@H]1COc1ccc(-c2ccc(C(=N)N)cn2)cc1.Cl. The summed E-state index contributed by atoms with van der Waals surface area (Å²) in [7, 11) is 2.85. The van der Waals surface area contributed by atoms with E-state index in [9.17, 15) is 9.59 Å². The molecular formula is C23H29ClN4O5. The molecule has 0 spiro atoms. The number of amides is 1. The predicted molar refractivity (Wildman–Crippen MR) is 126 cm³/mol. The Morgan fingerprint density at radius 3 is 2.48 bits per heavy atom. The number of rotatable bonds is 9. The lowest BCUT2D eigenvalue weighted by Crippen LogP contribution is -2.41. The Morgan fingerprint density at radius 2 is 1.91 bits per heavy atom. The van der Waals surface area contributed by atoms with E-state index in [1.807, 2.05) is 30.3 Å². The molecule has 1 amide bonds. The Hall–Kier alpha value is -3.17. The van der Waals surface area contributed by atoms with Gasteiger partial charge in [-0.2, -0.15) is 0 Å². The Balaban J connectivity index is 0.00000385. The smallest absolute Gasteiger partial charge is 0.305 e. The average molecular weight is 477 g/mol. The number of hydrogen-bond acceptors (Lipinski definition) is 7. The minimum Gasteiger partial charge on any atom is -0.491 e. The maximum Gasteiger partial charge on any atom is 0.305 e. The molecule has 2 atom stereocenters. The highest BCUT2D eigenvalue weighted by molar-refractivity contribution is 5.94. The molecule has 10 heteroatoms. The van der Waals surface area contributed by atoms with E-state index < -0.39 is 0 Å². The van der Waals surface area contributed by atoms with Crippen molar-refractivity contribution < 1.29 is 23.8 Å². The molecule has 178 valence electrons. The Morgan fingerprint density at radius 1 is 1.18 bits per heavy atom. The van der Waals surface area contributed by atoms with Crippen molar-refractivity contribution in [1.29, 1.82) is 5.41 Å². The Kier molecular flexibility index (Phi) is 9.62. The normalized spacial score (nSPS) is 17.2. The van der Waals surface area contributed by atoms with Crippen LogP contribution in [0.4, 0.5) is 0 Å². The number of esters is 1. The van der Waals surface area contributed by atoms with Gasteiger partial charge in [-0.25, -0.2) is 0 Å². The van der Waals surface area contributed by atoms with Crippen LogP contribution in [0, 0.1) is 11.3 Å². The average Bonchev–Trinajstić information content (AvgIpc) is 3.20. The monoisotopic (exact) mass is 476 g/mol. The van der Waals surface area contributed by atoms with Crippen LogP contribution in [0.25, 0.3) is 11.3 Å². The third-order valence-electron chi connectivity index (χ3n) is 5.44. The number of nitrogen functional groups attached to an aromatic ring is 1. The second-order valence-electron chi connectivity index (χ2n) is 7.70. The van der Waals surface area contributed by atoms with Gasteiger partial charge in [0.1, 0.15) is 24.8 Å². The second kappa shape index (κ2) is 12.2. The zero-order chi connectivity index (χ0) is 23.1. The molecule has 1 fully saturated rings. The first-order chi connectivity index (χ1) is 15.4. The first kappa shape index (κ1) is 26.1. The number of nitrogens with two attached hydrogens (primary N) is 1. The van der Waals surface area contributed by atoms with E-state index in [0.717, 1.165) is 11.3 Å². The van der Waals surface area contributed by atoms with Crippen molar-refractivity contribution in [2.75, 3.05) is 34.0 Å². The number of nitrogens with one attached hydrogen (secondary N) is 1. The summed E-state index contributed by atoms with van der Waals surface area (Å²) in [6.07, 6.45) is 2.50. The highest BCUT2D eigenvalue weighted by atomic mass is 35.5. The minimum absolute atomic E-state index is 0. The Labute approximate surface area is 199 Å². The van der Waals surface area contributed by atoms with Gasteiger partial charge < -0.3 is 24.8 Å². The molecule has 0 radical (unpaired) electrons. The predicted octanol–water partition coefficient (Wildman–Crippen LogP) is 2.26. The quantitative estimate of drug-likeness (QED) is 0.322. The van der Waals surface area contributed by atoms with Gasteiger partial charge in [0.2, 0.25) is 5.91 Å². The number of nitrogens with zero attached hydrogens (tertiary/aromatic N) is 2. The molecule has 1 aromatic heterocycles. The van der Waals surface area contributed by atoms with Crippen molar-refractivity contribution in [3.8, 4) is 17.0 Å². The van der Waals surface area contributed by atoms with Crippen molar-refractivity contribution >= 4 is 30.1 Å². The molecule has 0 unspecified atom stereocenters. The number of hydrogen-bond donors (Lipinski definition) is 2. The third-order valence-corrected chi connectivity index (χ3v) is 5.44. The van der Waals surface area contributed by atoms with Gasteiger partial charge in [-0.1, -0.05) is 0 Å². The maximum atomic E-state index is 12.4. The van der Waals surface area contributed by atoms with E-state index in [1.54, 1.807) is 17.2 Å². The number of benzene rings is 1. The molecule has 1 aliphatic heterocycles. The second-order valence-corrected chi connectivity index (χ2v) is 7.70. The van der Waals surface area contributed by atoms with Gasteiger partial charge in [0.15, 0.2) is 0 Å². The van der Waals surface area contributed by atoms with Crippen LogP contribution in [0.5, 0.6) is 5.75 Å². The lowest BCUT2D eigenvalue weighted by atomic mass is 10.0. The molecule has 1 aliphatic rings. The van der Waals surface area contributed by atoms with Crippen LogP contribution in [0.2, 0.25) is 0 Å². The number of likely N-dealkylation sites (tertiary alicyclic amines) is 1. The number of halogens is 1. The van der Waals surface area contributed by atoms with Crippen LogP contribution < -0.4 is 10.5 Å². The van der Waals surface area contributed by atoms with Crippen LogP contribution >= 0.6 is 12.4 Å². The number of pyridine rings is 1. The largest absolute Gasteiger partial charge is 0.491 e. The van der Waals surface area contributed by atoms with Gasteiger partial charge in [0.05, 0.1) is 25.3 Å². The molecule has 1 saturated heterocycles. The summed E-state index contributed by atoms with van der Waals surface area (Å²) in [5.41, 5.74) is 7.71. The van der Waals surface area contributed by atoms with Crippen LogP contribution in [-0.4, -0.2) is 67.6 Å². The molecule has 0 aliphatic carbocycles. The van der Waals surface area contributed by atoms with Crippen molar-refractivity contribution in [3.05, 3.63) is 48.2 Å². The van der Waals surface area contributed by atoms with Gasteiger partial charge in [-0.05, 0) is 48.7 Å². The minimum atomic E-state index is -0.281. The van der Waals surface area contributed by atoms with Crippen molar-refractivity contribution in [2.45, 2.75) is 18.9 Å². The molecule has 2 aromatic rings. The summed E-state index contributed by atoms with van der Waals surface area (Å²) in [5, 5.41) is 7.44. The fourth-order valence-corrected chi connectivity index (χ4v) is 3.79. The maximum absolute atomic E-state index is 12.4. The zero-order valence-electron chi connectivity index (χ0n) is 18.7. The van der Waals surface area contributed by atoms with E-state index in [2.05, 4.69) is 4.98 Å². The van der Waals surface area contributed by atoms with Gasteiger partial charge in [-0.3, -0.25) is 20.0 Å². The molecule has 3 rings (SSSR count). The number of carbonyl (C=O) groups excluding carboxylic acids is 2. The Bertz CT molecular complexity index is 952. The molecule has 0 saturated carbocycles. The van der Waals surface area contributed by atoms with Crippen molar-refractivity contribution in [2.24, 2.45) is 11.7 Å².